The van der Waals surface area contributed by atoms with Crippen LogP contribution in [0.4, 0.5) is 0 Å². The Hall–Kier alpha value is 0.01000. The molecule has 1 aromatic heterocycles. The zero-order chi connectivity index (χ0) is 8.39. The largest absolute Gasteiger partial charge is 0.581 e. The van der Waals surface area contributed by atoms with Crippen molar-refractivity contribution < 1.29 is 4.37 Å². The van der Waals surface area contributed by atoms with Crippen LogP contribution >= 0.6 is 23.1 Å². The first kappa shape index (κ1) is 8.60. The molecule has 12 heavy (non-hydrogen) atoms. The molecule has 0 N–H and O–H groups in total. The normalized spacial score (nSPS) is 25.9. The van der Waals surface area contributed by atoms with E-state index in [1.807, 2.05) is 11.8 Å². The first-order valence-electron chi connectivity index (χ1n) is 3.92. The molecule has 65 valence electrons. The third-order valence-corrected chi connectivity index (χ3v) is 3.71. The van der Waals surface area contributed by atoms with Crippen molar-refractivity contribution >= 4 is 23.1 Å². The van der Waals surface area contributed by atoms with Crippen LogP contribution in [-0.2, 0) is 4.37 Å². The Balaban J connectivity index is 2.11. The van der Waals surface area contributed by atoms with Gasteiger partial charge in [-0.05, 0) is 11.4 Å². The maximum absolute atomic E-state index is 5.81. The highest BCUT2D eigenvalue weighted by Crippen LogP contribution is 2.32. The lowest BCUT2D eigenvalue weighted by atomic mass is 10.2. The Labute approximate surface area is 81.4 Å². The minimum Gasteiger partial charge on any atom is -0.581 e. The van der Waals surface area contributed by atoms with Crippen molar-refractivity contribution in [2.24, 2.45) is 0 Å². The molecule has 0 unspecified atom stereocenters. The summed E-state index contributed by atoms with van der Waals surface area (Å²) in [6.07, 6.45) is 0.356. The molecule has 2 heterocycles. The van der Waals surface area contributed by atoms with Crippen LogP contribution < -0.4 is 0 Å². The van der Waals surface area contributed by atoms with E-state index in [0.717, 1.165) is 18.1 Å². The first-order chi connectivity index (χ1) is 5.88. The maximum Gasteiger partial charge on any atom is 0.165 e. The van der Waals surface area contributed by atoms with E-state index in [0.29, 0.717) is 6.10 Å². The van der Waals surface area contributed by atoms with E-state index in [1.54, 1.807) is 11.3 Å². The quantitative estimate of drug-likeness (QED) is 0.496. The topological polar surface area (TPSA) is 2.70 Å². The maximum atomic E-state index is 5.81. The van der Waals surface area contributed by atoms with E-state index in [9.17, 15) is 0 Å². The van der Waals surface area contributed by atoms with Crippen LogP contribution in [-0.4, -0.2) is 18.1 Å². The van der Waals surface area contributed by atoms with Gasteiger partial charge in [-0.15, -0.1) is 18.9 Å². The SMILES string of the molecule is [CH-][O+]1CCSC[C@H]1c1ccsc1. The Morgan fingerprint density at radius 3 is 3.17 bits per heavy atom. The van der Waals surface area contributed by atoms with Crippen molar-refractivity contribution in [1.82, 2.24) is 0 Å². The highest BCUT2D eigenvalue weighted by atomic mass is 32.2. The van der Waals surface area contributed by atoms with Crippen LogP contribution in [0.25, 0.3) is 0 Å². The van der Waals surface area contributed by atoms with Gasteiger partial charge in [0.05, 0.1) is 11.5 Å². The molecule has 1 atom stereocenters. The average Bonchev–Trinajstić information content (AvgIpc) is 2.57. The minimum atomic E-state index is 0.356. The number of hydrogen-bond donors (Lipinski definition) is 0. The molecule has 1 aliphatic heterocycles. The summed E-state index contributed by atoms with van der Waals surface area (Å²) in [5, 5.41) is 4.27. The third-order valence-electron chi connectivity index (χ3n) is 2.01. The van der Waals surface area contributed by atoms with Crippen LogP contribution in [0.5, 0.6) is 0 Å². The van der Waals surface area contributed by atoms with Gasteiger partial charge in [-0.1, -0.05) is 0 Å². The number of hydrogen-bond acceptors (Lipinski definition) is 2. The summed E-state index contributed by atoms with van der Waals surface area (Å²) in [6.45, 7) is 0.922. The van der Waals surface area contributed by atoms with Gasteiger partial charge in [0.25, 0.3) is 0 Å². The predicted molar refractivity (Wildman–Crippen MR) is 54.6 cm³/mol. The van der Waals surface area contributed by atoms with Crippen molar-refractivity contribution in [2.45, 2.75) is 6.10 Å². The lowest BCUT2D eigenvalue weighted by molar-refractivity contribution is -0.114. The van der Waals surface area contributed by atoms with Crippen LogP contribution in [0.15, 0.2) is 16.8 Å². The summed E-state index contributed by atoms with van der Waals surface area (Å²) in [5.74, 6) is 2.22. The minimum absolute atomic E-state index is 0.356. The third kappa shape index (κ3) is 1.68. The molecular formula is C9H11OS2. The molecule has 0 bridgehead atoms. The van der Waals surface area contributed by atoms with E-state index >= 15 is 0 Å². The molecule has 1 saturated heterocycles. The molecule has 2 rings (SSSR count). The van der Waals surface area contributed by atoms with Gasteiger partial charge in [0.2, 0.25) is 0 Å². The fraction of sp³-hybridized carbons (Fsp3) is 0.444. The molecule has 1 radical (unpaired) electrons. The van der Waals surface area contributed by atoms with Crippen molar-refractivity contribution in [2.75, 3.05) is 18.1 Å². The van der Waals surface area contributed by atoms with E-state index in [-0.39, 0.29) is 0 Å². The molecule has 1 aliphatic rings. The lowest BCUT2D eigenvalue weighted by Gasteiger charge is -2.35. The average molecular weight is 199 g/mol. The molecule has 1 fully saturated rings. The van der Waals surface area contributed by atoms with Crippen molar-refractivity contribution in [1.29, 1.82) is 0 Å². The summed E-state index contributed by atoms with van der Waals surface area (Å²) >= 11 is 3.70. The Morgan fingerprint density at radius 2 is 2.50 bits per heavy atom. The standard InChI is InChI=1S/C9H11OS2/c1-10-3-5-12-7-9(10)8-2-4-11-6-8/h1-2,4,6,9H,3,5,7H2/t9-/m0/s1. The van der Waals surface area contributed by atoms with Gasteiger partial charge >= 0.3 is 0 Å². The van der Waals surface area contributed by atoms with Crippen LogP contribution in [0.2, 0.25) is 0 Å². The Kier molecular flexibility index (Phi) is 2.73. The van der Waals surface area contributed by atoms with Gasteiger partial charge in [-0.25, -0.2) is 0 Å². The Bertz CT molecular complexity index is 233. The fourth-order valence-electron chi connectivity index (χ4n) is 1.30. The highest BCUT2D eigenvalue weighted by Gasteiger charge is 2.22. The Morgan fingerprint density at radius 1 is 1.58 bits per heavy atom. The molecule has 1 aromatic rings. The van der Waals surface area contributed by atoms with Gasteiger partial charge in [-0.2, -0.15) is 11.3 Å². The van der Waals surface area contributed by atoms with Gasteiger partial charge in [-0.3, -0.25) is 0 Å². The number of thioether (sulfide) groups is 1. The van der Waals surface area contributed by atoms with Gasteiger partial charge < -0.3 is 4.37 Å². The predicted octanol–water partition coefficient (Wildman–Crippen LogP) is 2.76. The molecule has 3 heteroatoms. The molecule has 1 nitrogen and oxygen atoms in total. The van der Waals surface area contributed by atoms with Crippen LogP contribution in [0.3, 0.4) is 0 Å². The number of thiophene rings is 1. The first-order valence-corrected chi connectivity index (χ1v) is 6.01. The summed E-state index contributed by atoms with van der Waals surface area (Å²) in [7, 11) is 5.81. The molecule has 0 saturated carbocycles. The lowest BCUT2D eigenvalue weighted by Crippen LogP contribution is -2.23. The molecule has 0 amide bonds. The second-order valence-electron chi connectivity index (χ2n) is 2.79. The summed E-state index contributed by atoms with van der Waals surface area (Å²) in [4.78, 5) is 0. The van der Waals surface area contributed by atoms with E-state index in [2.05, 4.69) is 21.2 Å². The smallest absolute Gasteiger partial charge is 0.165 e. The molecular weight excluding hydrogens is 188 g/mol. The molecule has 0 aromatic carbocycles. The fourth-order valence-corrected chi connectivity index (χ4v) is 3.06. The monoisotopic (exact) mass is 199 g/mol. The van der Waals surface area contributed by atoms with Crippen LogP contribution in [0, 0.1) is 7.11 Å². The van der Waals surface area contributed by atoms with Gasteiger partial charge in [0, 0.05) is 10.9 Å². The van der Waals surface area contributed by atoms with Gasteiger partial charge in [0.15, 0.2) is 6.10 Å². The van der Waals surface area contributed by atoms with Crippen LogP contribution in [0.1, 0.15) is 11.7 Å². The summed E-state index contributed by atoms with van der Waals surface area (Å²) in [6, 6.07) is 2.15. The number of rotatable bonds is 1. The zero-order valence-electron chi connectivity index (χ0n) is 6.73. The van der Waals surface area contributed by atoms with Crippen molar-refractivity contribution in [3.05, 3.63) is 29.5 Å². The second-order valence-corrected chi connectivity index (χ2v) is 4.72. The van der Waals surface area contributed by atoms with E-state index in [1.165, 1.54) is 5.56 Å². The van der Waals surface area contributed by atoms with Crippen molar-refractivity contribution in [3.8, 4) is 0 Å². The zero-order valence-corrected chi connectivity index (χ0v) is 8.37. The molecule has 0 spiro atoms. The summed E-state index contributed by atoms with van der Waals surface area (Å²) in [5.41, 5.74) is 1.33. The summed E-state index contributed by atoms with van der Waals surface area (Å²) < 4.78 is 2.74. The van der Waals surface area contributed by atoms with Gasteiger partial charge in [0.1, 0.15) is 6.61 Å². The van der Waals surface area contributed by atoms with E-state index < -0.39 is 0 Å². The second kappa shape index (κ2) is 3.81. The molecule has 0 aliphatic carbocycles. The highest BCUT2D eigenvalue weighted by molar-refractivity contribution is 7.99. The van der Waals surface area contributed by atoms with Crippen molar-refractivity contribution in [3.63, 3.8) is 0 Å². The van der Waals surface area contributed by atoms with E-state index in [4.69, 9.17) is 7.11 Å².